The zero-order chi connectivity index (χ0) is 15.6. The molecular weight excluding hydrogens is 264 g/mol. The van der Waals surface area contributed by atoms with Gasteiger partial charge in [-0.05, 0) is 39.3 Å². The van der Waals surface area contributed by atoms with Crippen LogP contribution < -0.4 is 11.1 Å². The summed E-state index contributed by atoms with van der Waals surface area (Å²) in [6.45, 7) is 5.92. The van der Waals surface area contributed by atoms with E-state index in [1.165, 1.54) is 0 Å². The van der Waals surface area contributed by atoms with E-state index in [2.05, 4.69) is 5.32 Å². The molecule has 0 aromatic heterocycles. The number of fused-ring (bicyclic) bond motifs is 1. The first kappa shape index (κ1) is 15.3. The van der Waals surface area contributed by atoms with Crippen LogP contribution in [0.1, 0.15) is 42.6 Å². The lowest BCUT2D eigenvalue weighted by molar-refractivity contribution is -0.118. The molecule has 0 aliphatic carbocycles. The Morgan fingerprint density at radius 1 is 1.38 bits per heavy atom. The summed E-state index contributed by atoms with van der Waals surface area (Å²) in [7, 11) is 0. The van der Waals surface area contributed by atoms with Crippen LogP contribution >= 0.6 is 0 Å². The highest BCUT2D eigenvalue weighted by Gasteiger charge is 2.35. The summed E-state index contributed by atoms with van der Waals surface area (Å²) in [4.78, 5) is 24.1. The molecule has 1 heterocycles. The lowest BCUT2D eigenvalue weighted by atomic mass is 9.80. The molecule has 0 radical (unpaired) electrons. The maximum Gasteiger partial charge on any atom is 0.219 e. The largest absolute Gasteiger partial charge is 0.380 e. The Morgan fingerprint density at radius 3 is 2.71 bits per heavy atom. The molecule has 112 valence electrons. The van der Waals surface area contributed by atoms with Crippen molar-refractivity contribution in [1.29, 1.82) is 0 Å². The van der Waals surface area contributed by atoms with Gasteiger partial charge >= 0.3 is 0 Å². The molecule has 1 aromatic rings. The number of hydrogen-bond acceptors (Lipinski definition) is 3. The fourth-order valence-corrected chi connectivity index (χ4v) is 2.78. The third-order valence-corrected chi connectivity index (χ3v) is 4.06. The summed E-state index contributed by atoms with van der Waals surface area (Å²) < 4.78 is 0. The van der Waals surface area contributed by atoms with Gasteiger partial charge in [-0.3, -0.25) is 9.59 Å². The van der Waals surface area contributed by atoms with Crippen LogP contribution in [0.2, 0.25) is 0 Å². The molecule has 1 aliphatic rings. The number of carbonyl (C=O) groups excluding carboxylic acids is 2. The minimum atomic E-state index is -0.390. The van der Waals surface area contributed by atoms with E-state index < -0.39 is 0 Å². The van der Waals surface area contributed by atoms with Crippen LogP contribution in [-0.4, -0.2) is 17.7 Å². The van der Waals surface area contributed by atoms with Gasteiger partial charge in [0.05, 0.1) is 0 Å². The number of Topliss-reactive ketones (excluding diaryl/α,β-unsaturated/α-hetero) is 1. The molecule has 1 aliphatic heterocycles. The molecular formula is C17H22N2O2. The first-order chi connectivity index (χ1) is 9.92. The zero-order valence-corrected chi connectivity index (χ0v) is 12.8. The average Bonchev–Trinajstić information content (AvgIpc) is 2.43. The van der Waals surface area contributed by atoms with Crippen LogP contribution in [0, 0.1) is 12.8 Å². The molecule has 1 amide bonds. The lowest BCUT2D eigenvalue weighted by Crippen LogP contribution is -2.42. The van der Waals surface area contributed by atoms with E-state index in [0.717, 1.165) is 16.8 Å². The number of ketones is 1. The summed E-state index contributed by atoms with van der Waals surface area (Å²) in [5.74, 6) is -0.540. The highest BCUT2D eigenvalue weighted by molar-refractivity contribution is 6.05. The van der Waals surface area contributed by atoms with Crippen LogP contribution in [0.3, 0.4) is 0 Å². The standard InChI is InChI=1S/C17H22N2O2/c1-4-10(2)7-13-15(9-16(18)20)19-14-6-5-11(3)8-12(14)17(13)21/h4-6,8,13,15,19H,7,9H2,1-3H3,(H2,18,20)/b10-4-. The first-order valence-electron chi connectivity index (χ1n) is 7.24. The number of hydrogen-bond donors (Lipinski definition) is 2. The van der Waals surface area contributed by atoms with Crippen molar-refractivity contribution in [3.05, 3.63) is 41.0 Å². The van der Waals surface area contributed by atoms with Gasteiger partial charge < -0.3 is 11.1 Å². The van der Waals surface area contributed by atoms with Gasteiger partial charge in [0, 0.05) is 29.6 Å². The van der Waals surface area contributed by atoms with Gasteiger partial charge in [-0.1, -0.05) is 23.3 Å². The van der Waals surface area contributed by atoms with E-state index >= 15 is 0 Å². The third-order valence-electron chi connectivity index (χ3n) is 4.06. The maximum atomic E-state index is 12.8. The summed E-state index contributed by atoms with van der Waals surface area (Å²) >= 11 is 0. The minimum Gasteiger partial charge on any atom is -0.380 e. The van der Waals surface area contributed by atoms with Crippen LogP contribution in [0.5, 0.6) is 0 Å². The number of allylic oxidation sites excluding steroid dienone is 2. The van der Waals surface area contributed by atoms with Gasteiger partial charge in [0.15, 0.2) is 5.78 Å². The predicted octanol–water partition coefficient (Wildman–Crippen LogP) is 2.82. The van der Waals surface area contributed by atoms with Crippen molar-refractivity contribution in [2.75, 3.05) is 5.32 Å². The molecule has 4 heteroatoms. The number of rotatable bonds is 4. The Bertz CT molecular complexity index is 605. The number of aryl methyl sites for hydroxylation is 1. The normalized spacial score (nSPS) is 21.7. The molecule has 2 unspecified atom stereocenters. The van der Waals surface area contributed by atoms with E-state index in [4.69, 9.17) is 5.73 Å². The highest BCUT2D eigenvalue weighted by Crippen LogP contribution is 2.33. The Balaban J connectivity index is 2.39. The quantitative estimate of drug-likeness (QED) is 0.836. The van der Waals surface area contributed by atoms with Crippen molar-refractivity contribution < 1.29 is 9.59 Å². The van der Waals surface area contributed by atoms with E-state index in [9.17, 15) is 9.59 Å². The second-order valence-electron chi connectivity index (χ2n) is 5.78. The lowest BCUT2D eigenvalue weighted by Gasteiger charge is -2.33. The van der Waals surface area contributed by atoms with Gasteiger partial charge in [0.25, 0.3) is 0 Å². The smallest absolute Gasteiger partial charge is 0.219 e. The number of nitrogens with one attached hydrogen (secondary N) is 1. The average molecular weight is 286 g/mol. The number of anilines is 1. The SMILES string of the molecule is C/C=C(/C)CC1C(=O)c2cc(C)ccc2NC1CC(N)=O. The molecule has 1 aromatic carbocycles. The fourth-order valence-electron chi connectivity index (χ4n) is 2.78. The van der Waals surface area contributed by atoms with Crippen molar-refractivity contribution in [2.45, 2.75) is 39.7 Å². The molecule has 0 saturated heterocycles. The van der Waals surface area contributed by atoms with E-state index in [0.29, 0.717) is 12.0 Å². The number of amides is 1. The monoisotopic (exact) mass is 286 g/mol. The van der Waals surface area contributed by atoms with Crippen LogP contribution in [0.4, 0.5) is 5.69 Å². The van der Waals surface area contributed by atoms with Crippen molar-refractivity contribution >= 4 is 17.4 Å². The van der Waals surface area contributed by atoms with Crippen molar-refractivity contribution in [1.82, 2.24) is 0 Å². The zero-order valence-electron chi connectivity index (χ0n) is 12.8. The summed E-state index contributed by atoms with van der Waals surface area (Å²) in [6, 6.07) is 5.52. The Morgan fingerprint density at radius 2 is 2.10 bits per heavy atom. The number of primary amides is 1. The molecule has 0 spiro atoms. The number of benzene rings is 1. The van der Waals surface area contributed by atoms with Gasteiger partial charge in [0.2, 0.25) is 5.91 Å². The second kappa shape index (κ2) is 6.12. The van der Waals surface area contributed by atoms with Crippen molar-refractivity contribution in [3.8, 4) is 0 Å². The van der Waals surface area contributed by atoms with Gasteiger partial charge in [-0.25, -0.2) is 0 Å². The van der Waals surface area contributed by atoms with Crippen LogP contribution in [0.15, 0.2) is 29.8 Å². The maximum absolute atomic E-state index is 12.8. The van der Waals surface area contributed by atoms with E-state index in [-0.39, 0.29) is 30.1 Å². The Hall–Kier alpha value is -2.10. The number of carbonyl (C=O) groups is 2. The third kappa shape index (κ3) is 3.32. The van der Waals surface area contributed by atoms with Gasteiger partial charge in [-0.15, -0.1) is 0 Å². The molecule has 3 N–H and O–H groups in total. The minimum absolute atomic E-state index is 0.0971. The number of nitrogens with two attached hydrogens (primary N) is 1. The second-order valence-corrected chi connectivity index (χ2v) is 5.78. The Labute approximate surface area is 125 Å². The molecule has 0 saturated carbocycles. The van der Waals surface area contributed by atoms with Crippen molar-refractivity contribution in [2.24, 2.45) is 11.7 Å². The Kier molecular flexibility index (Phi) is 4.46. The first-order valence-corrected chi connectivity index (χ1v) is 7.24. The molecule has 0 fully saturated rings. The van der Waals surface area contributed by atoms with E-state index in [1.807, 2.05) is 45.0 Å². The molecule has 21 heavy (non-hydrogen) atoms. The van der Waals surface area contributed by atoms with Crippen LogP contribution in [-0.2, 0) is 4.79 Å². The summed E-state index contributed by atoms with van der Waals surface area (Å²) in [5, 5.41) is 3.32. The molecule has 0 bridgehead atoms. The van der Waals surface area contributed by atoms with Crippen LogP contribution in [0.25, 0.3) is 0 Å². The fraction of sp³-hybridized carbons (Fsp3) is 0.412. The molecule has 2 rings (SSSR count). The van der Waals surface area contributed by atoms with Crippen molar-refractivity contribution in [3.63, 3.8) is 0 Å². The van der Waals surface area contributed by atoms with Gasteiger partial charge in [0.1, 0.15) is 0 Å². The molecule has 2 atom stereocenters. The molecule has 4 nitrogen and oxygen atoms in total. The van der Waals surface area contributed by atoms with Gasteiger partial charge in [-0.2, -0.15) is 0 Å². The highest BCUT2D eigenvalue weighted by atomic mass is 16.1. The van der Waals surface area contributed by atoms with E-state index in [1.54, 1.807) is 0 Å². The summed E-state index contributed by atoms with van der Waals surface area (Å²) in [6.07, 6.45) is 2.81. The summed E-state index contributed by atoms with van der Waals surface area (Å²) in [5.41, 5.74) is 9.04. The topological polar surface area (TPSA) is 72.2 Å². The predicted molar refractivity (Wildman–Crippen MR) is 84.3 cm³/mol.